The molecule has 2 heterocycles. The van der Waals surface area contributed by atoms with Gasteiger partial charge in [-0.2, -0.15) is 11.8 Å². The molecule has 2 aromatic rings. The van der Waals surface area contributed by atoms with E-state index < -0.39 is 0 Å². The molecule has 0 N–H and O–H groups in total. The Morgan fingerprint density at radius 1 is 0.957 bits per heavy atom. The minimum absolute atomic E-state index is 0.255. The number of benzene rings is 2. The highest BCUT2D eigenvalue weighted by molar-refractivity contribution is 8.00. The first kappa shape index (κ1) is 14.1. The van der Waals surface area contributed by atoms with Crippen molar-refractivity contribution in [1.82, 2.24) is 0 Å². The van der Waals surface area contributed by atoms with Crippen molar-refractivity contribution in [3.05, 3.63) is 47.0 Å². The molecule has 2 saturated heterocycles. The summed E-state index contributed by atoms with van der Waals surface area (Å²) in [6, 6.07) is 10.9. The van der Waals surface area contributed by atoms with Crippen molar-refractivity contribution >= 4 is 28.3 Å². The van der Waals surface area contributed by atoms with Crippen molar-refractivity contribution in [1.29, 1.82) is 0 Å². The molecule has 2 unspecified atom stereocenters. The van der Waals surface area contributed by atoms with Crippen molar-refractivity contribution < 1.29 is 4.79 Å². The van der Waals surface area contributed by atoms with Gasteiger partial charge in [-0.3, -0.25) is 4.79 Å². The zero-order valence-corrected chi connectivity index (χ0v) is 14.2. The second-order valence-electron chi connectivity index (χ2n) is 7.46. The van der Waals surface area contributed by atoms with Crippen molar-refractivity contribution in [2.75, 3.05) is 0 Å². The Bertz CT molecular complexity index is 772. The van der Waals surface area contributed by atoms with E-state index in [0.717, 1.165) is 41.7 Å². The van der Waals surface area contributed by atoms with Crippen molar-refractivity contribution in [3.63, 3.8) is 0 Å². The Labute approximate surface area is 141 Å². The lowest BCUT2D eigenvalue weighted by molar-refractivity contribution is 0.0898. The molecular weight excluding hydrogens is 300 g/mol. The van der Waals surface area contributed by atoms with E-state index in [1.54, 1.807) is 0 Å². The van der Waals surface area contributed by atoms with Crippen LogP contribution in [0.3, 0.4) is 0 Å². The van der Waals surface area contributed by atoms with Gasteiger partial charge < -0.3 is 0 Å². The zero-order valence-electron chi connectivity index (χ0n) is 13.4. The Balaban J connectivity index is 1.55. The van der Waals surface area contributed by atoms with Crippen LogP contribution in [0.1, 0.15) is 53.6 Å². The number of hydrogen-bond donors (Lipinski definition) is 0. The molecule has 23 heavy (non-hydrogen) atoms. The highest BCUT2D eigenvalue weighted by atomic mass is 32.2. The standard InChI is InChI=1S/C21H22OS/c22-21(15-11-16-4-2-5-17(12-15)23-16)19-10-9-14-8-7-13-3-1-6-18(19)20(13)14/h1,3,6,9-10,15-17H,2,4-5,7-8,11-12H2. The van der Waals surface area contributed by atoms with E-state index in [1.807, 2.05) is 0 Å². The maximum absolute atomic E-state index is 13.3. The van der Waals surface area contributed by atoms with Gasteiger partial charge in [0.25, 0.3) is 0 Å². The molecular formula is C21H22OS. The predicted octanol–water partition coefficient (Wildman–Crippen LogP) is 5.19. The molecule has 118 valence electrons. The normalized spacial score (nSPS) is 29.0. The Morgan fingerprint density at radius 3 is 2.48 bits per heavy atom. The molecule has 2 fully saturated rings. The number of thioether (sulfide) groups is 1. The minimum Gasteiger partial charge on any atom is -0.294 e. The van der Waals surface area contributed by atoms with Gasteiger partial charge in [0, 0.05) is 22.0 Å². The molecule has 3 aliphatic rings. The first-order chi connectivity index (χ1) is 11.3. The predicted molar refractivity (Wildman–Crippen MR) is 97.4 cm³/mol. The number of rotatable bonds is 2. The first-order valence-corrected chi connectivity index (χ1v) is 9.97. The third-order valence-electron chi connectivity index (χ3n) is 6.05. The quantitative estimate of drug-likeness (QED) is 0.708. The number of carbonyl (C=O) groups excluding carboxylic acids is 1. The van der Waals surface area contributed by atoms with Crippen LogP contribution in [0.25, 0.3) is 10.8 Å². The highest BCUT2D eigenvalue weighted by Crippen LogP contribution is 2.45. The first-order valence-electron chi connectivity index (χ1n) is 9.03. The van der Waals surface area contributed by atoms with E-state index in [-0.39, 0.29) is 5.92 Å². The summed E-state index contributed by atoms with van der Waals surface area (Å²) in [5.41, 5.74) is 3.86. The van der Waals surface area contributed by atoms with Crippen LogP contribution in [0, 0.1) is 5.92 Å². The fourth-order valence-corrected chi connectivity index (χ4v) is 6.79. The molecule has 0 saturated carbocycles. The summed E-state index contributed by atoms with van der Waals surface area (Å²) in [5.74, 6) is 0.669. The van der Waals surface area contributed by atoms with Gasteiger partial charge in [0.2, 0.25) is 0 Å². The summed E-state index contributed by atoms with van der Waals surface area (Å²) in [4.78, 5) is 13.3. The average molecular weight is 322 g/mol. The van der Waals surface area contributed by atoms with Gasteiger partial charge >= 0.3 is 0 Å². The average Bonchev–Trinajstić information content (AvgIpc) is 2.99. The Morgan fingerprint density at radius 2 is 1.70 bits per heavy atom. The van der Waals surface area contributed by atoms with E-state index in [1.165, 1.54) is 41.2 Å². The van der Waals surface area contributed by atoms with Crippen LogP contribution in [-0.4, -0.2) is 16.3 Å². The number of hydrogen-bond acceptors (Lipinski definition) is 2. The lowest BCUT2D eigenvalue weighted by Gasteiger charge is -2.38. The molecule has 5 rings (SSSR count). The lowest BCUT2D eigenvalue weighted by Crippen LogP contribution is -2.33. The Hall–Kier alpha value is -1.28. The second kappa shape index (κ2) is 5.37. The van der Waals surface area contributed by atoms with Gasteiger partial charge in [-0.25, -0.2) is 0 Å². The van der Waals surface area contributed by atoms with Gasteiger partial charge in [-0.05, 0) is 60.4 Å². The number of ketones is 1. The zero-order chi connectivity index (χ0) is 15.4. The molecule has 2 bridgehead atoms. The van der Waals surface area contributed by atoms with E-state index in [9.17, 15) is 4.79 Å². The molecule has 0 amide bonds. The van der Waals surface area contributed by atoms with Crippen LogP contribution >= 0.6 is 11.8 Å². The van der Waals surface area contributed by atoms with Crippen LogP contribution in [-0.2, 0) is 12.8 Å². The van der Waals surface area contributed by atoms with Crippen LogP contribution in [0.4, 0.5) is 0 Å². The molecule has 0 spiro atoms. The fourth-order valence-electron chi connectivity index (χ4n) is 4.95. The maximum atomic E-state index is 13.3. The molecule has 2 aliphatic heterocycles. The number of fused-ring (bicyclic) bond motifs is 2. The molecule has 1 nitrogen and oxygen atoms in total. The number of Topliss-reactive ketones (excluding diaryl/α,β-unsaturated/α-hetero) is 1. The Kier molecular flexibility index (Phi) is 3.29. The van der Waals surface area contributed by atoms with E-state index >= 15 is 0 Å². The van der Waals surface area contributed by atoms with Gasteiger partial charge in [-0.15, -0.1) is 0 Å². The smallest absolute Gasteiger partial charge is 0.166 e. The molecule has 1 aliphatic carbocycles. The molecule has 0 aromatic heterocycles. The largest absolute Gasteiger partial charge is 0.294 e. The monoisotopic (exact) mass is 322 g/mol. The summed E-state index contributed by atoms with van der Waals surface area (Å²) >= 11 is 2.16. The van der Waals surface area contributed by atoms with Crippen LogP contribution in [0.15, 0.2) is 30.3 Å². The van der Waals surface area contributed by atoms with Gasteiger partial charge in [0.05, 0.1) is 0 Å². The molecule has 2 heteroatoms. The fraction of sp³-hybridized carbons (Fsp3) is 0.476. The lowest BCUT2D eigenvalue weighted by atomic mass is 9.83. The van der Waals surface area contributed by atoms with Crippen LogP contribution in [0.5, 0.6) is 0 Å². The summed E-state index contributed by atoms with van der Waals surface area (Å²) in [6.07, 6.45) is 8.46. The summed E-state index contributed by atoms with van der Waals surface area (Å²) < 4.78 is 0. The highest BCUT2D eigenvalue weighted by Gasteiger charge is 2.36. The molecule has 0 radical (unpaired) electrons. The number of carbonyl (C=O) groups is 1. The SMILES string of the molecule is O=C(c1ccc2c3c(cccc13)CC2)C1CC2CCCC(C1)S2. The van der Waals surface area contributed by atoms with Crippen molar-refractivity contribution in [2.24, 2.45) is 5.92 Å². The van der Waals surface area contributed by atoms with Crippen LogP contribution in [0.2, 0.25) is 0 Å². The topological polar surface area (TPSA) is 17.1 Å². The van der Waals surface area contributed by atoms with Crippen LogP contribution < -0.4 is 0 Å². The third kappa shape index (κ3) is 2.26. The van der Waals surface area contributed by atoms with Gasteiger partial charge in [-0.1, -0.05) is 36.8 Å². The van der Waals surface area contributed by atoms with Crippen molar-refractivity contribution in [3.8, 4) is 0 Å². The molecule has 2 aromatic carbocycles. The summed E-state index contributed by atoms with van der Waals surface area (Å²) in [6.45, 7) is 0. The second-order valence-corrected chi connectivity index (χ2v) is 9.06. The van der Waals surface area contributed by atoms with Gasteiger partial charge in [0.15, 0.2) is 5.78 Å². The minimum atomic E-state index is 0.255. The summed E-state index contributed by atoms with van der Waals surface area (Å²) in [5, 5.41) is 4.05. The summed E-state index contributed by atoms with van der Waals surface area (Å²) in [7, 11) is 0. The van der Waals surface area contributed by atoms with E-state index in [0.29, 0.717) is 5.78 Å². The number of aryl methyl sites for hydroxylation is 2. The van der Waals surface area contributed by atoms with Gasteiger partial charge in [0.1, 0.15) is 0 Å². The van der Waals surface area contributed by atoms with Crippen molar-refractivity contribution in [2.45, 2.75) is 55.4 Å². The third-order valence-corrected chi connectivity index (χ3v) is 7.67. The van der Waals surface area contributed by atoms with E-state index in [2.05, 4.69) is 42.1 Å². The maximum Gasteiger partial charge on any atom is 0.166 e. The molecule has 2 atom stereocenters. The van der Waals surface area contributed by atoms with E-state index in [4.69, 9.17) is 0 Å².